The van der Waals surface area contributed by atoms with Crippen molar-refractivity contribution >= 4 is 5.69 Å². The number of benzene rings is 1. The van der Waals surface area contributed by atoms with Gasteiger partial charge in [0.15, 0.2) is 5.82 Å². The van der Waals surface area contributed by atoms with E-state index in [4.69, 9.17) is 0 Å². The minimum Gasteiger partial charge on any atom is -0.385 e. The molecule has 0 fully saturated rings. The SMILES string of the molecule is CCCNc1ccc(-c2n[nH]c(C)n2)cc1. The molecule has 1 aromatic carbocycles. The third kappa shape index (κ3) is 2.39. The number of H-pyrrole nitrogens is 1. The molecule has 0 atom stereocenters. The summed E-state index contributed by atoms with van der Waals surface area (Å²) in [6, 6.07) is 8.16. The normalized spacial score (nSPS) is 10.4. The van der Waals surface area contributed by atoms with E-state index in [1.165, 1.54) is 0 Å². The van der Waals surface area contributed by atoms with Gasteiger partial charge in [-0.2, -0.15) is 5.10 Å². The van der Waals surface area contributed by atoms with Gasteiger partial charge in [0.1, 0.15) is 5.82 Å². The molecule has 1 aromatic heterocycles. The van der Waals surface area contributed by atoms with Gasteiger partial charge in [0.2, 0.25) is 0 Å². The number of anilines is 1. The molecule has 2 N–H and O–H groups in total. The summed E-state index contributed by atoms with van der Waals surface area (Å²) < 4.78 is 0. The van der Waals surface area contributed by atoms with E-state index in [9.17, 15) is 0 Å². The maximum absolute atomic E-state index is 4.29. The second kappa shape index (κ2) is 4.79. The monoisotopic (exact) mass is 216 g/mol. The summed E-state index contributed by atoms with van der Waals surface area (Å²) in [4.78, 5) is 4.29. The molecular formula is C12H16N4. The van der Waals surface area contributed by atoms with Crippen molar-refractivity contribution in [1.29, 1.82) is 0 Å². The minimum absolute atomic E-state index is 0.750. The van der Waals surface area contributed by atoms with Crippen LogP contribution in [0.1, 0.15) is 19.2 Å². The summed E-state index contributed by atoms with van der Waals surface area (Å²) in [5.41, 5.74) is 2.17. The second-order valence-electron chi connectivity index (χ2n) is 3.75. The molecule has 2 aromatic rings. The number of aromatic nitrogens is 3. The Morgan fingerprint density at radius 1 is 1.25 bits per heavy atom. The highest BCUT2D eigenvalue weighted by atomic mass is 15.2. The highest BCUT2D eigenvalue weighted by molar-refractivity contribution is 5.59. The van der Waals surface area contributed by atoms with Gasteiger partial charge in [0.25, 0.3) is 0 Å². The van der Waals surface area contributed by atoms with Crippen molar-refractivity contribution in [2.45, 2.75) is 20.3 Å². The summed E-state index contributed by atoms with van der Waals surface area (Å²) in [6.07, 6.45) is 1.13. The first-order valence-corrected chi connectivity index (χ1v) is 5.53. The number of rotatable bonds is 4. The molecule has 84 valence electrons. The smallest absolute Gasteiger partial charge is 0.181 e. The average molecular weight is 216 g/mol. The van der Waals surface area contributed by atoms with Crippen LogP contribution in [0.3, 0.4) is 0 Å². The second-order valence-corrected chi connectivity index (χ2v) is 3.75. The number of nitrogens with one attached hydrogen (secondary N) is 2. The topological polar surface area (TPSA) is 53.6 Å². The summed E-state index contributed by atoms with van der Waals surface area (Å²) in [6.45, 7) is 5.05. The molecule has 2 rings (SSSR count). The van der Waals surface area contributed by atoms with E-state index < -0.39 is 0 Å². The summed E-state index contributed by atoms with van der Waals surface area (Å²) in [7, 11) is 0. The van der Waals surface area contributed by atoms with Crippen LogP contribution in [0.15, 0.2) is 24.3 Å². The van der Waals surface area contributed by atoms with Gasteiger partial charge in [-0.25, -0.2) is 4.98 Å². The van der Waals surface area contributed by atoms with Crippen LogP contribution in [0.5, 0.6) is 0 Å². The van der Waals surface area contributed by atoms with E-state index in [1.54, 1.807) is 0 Å². The molecule has 16 heavy (non-hydrogen) atoms. The molecule has 0 aliphatic heterocycles. The Morgan fingerprint density at radius 3 is 2.56 bits per heavy atom. The van der Waals surface area contributed by atoms with E-state index in [0.717, 1.165) is 35.9 Å². The number of hydrogen-bond acceptors (Lipinski definition) is 3. The standard InChI is InChI=1S/C12H16N4/c1-3-8-13-11-6-4-10(5-7-11)12-14-9(2)15-16-12/h4-7,13H,3,8H2,1-2H3,(H,14,15,16). The predicted octanol–water partition coefficient (Wildman–Crippen LogP) is 2.60. The van der Waals surface area contributed by atoms with Crippen molar-refractivity contribution in [3.63, 3.8) is 0 Å². The Bertz CT molecular complexity index is 444. The van der Waals surface area contributed by atoms with Gasteiger partial charge in [-0.15, -0.1) is 0 Å². The summed E-state index contributed by atoms with van der Waals surface area (Å²) in [5, 5.41) is 10.3. The van der Waals surface area contributed by atoms with Crippen molar-refractivity contribution < 1.29 is 0 Å². The molecule has 0 aliphatic rings. The molecule has 0 saturated carbocycles. The van der Waals surface area contributed by atoms with Crippen LogP contribution in [0, 0.1) is 6.92 Å². The molecule has 0 saturated heterocycles. The van der Waals surface area contributed by atoms with Crippen molar-refractivity contribution in [2.75, 3.05) is 11.9 Å². The highest BCUT2D eigenvalue weighted by Crippen LogP contribution is 2.17. The zero-order chi connectivity index (χ0) is 11.4. The Kier molecular flexibility index (Phi) is 3.19. The van der Waals surface area contributed by atoms with Crippen LogP contribution < -0.4 is 5.32 Å². The maximum Gasteiger partial charge on any atom is 0.181 e. The Balaban J connectivity index is 2.13. The van der Waals surface area contributed by atoms with Crippen molar-refractivity contribution in [1.82, 2.24) is 15.2 Å². The van der Waals surface area contributed by atoms with Crippen LogP contribution in [-0.2, 0) is 0 Å². The Labute approximate surface area is 95.1 Å². The fourth-order valence-electron chi connectivity index (χ4n) is 1.48. The summed E-state index contributed by atoms with van der Waals surface area (Å²) in [5.74, 6) is 1.59. The molecule has 0 unspecified atom stereocenters. The van der Waals surface area contributed by atoms with E-state index in [2.05, 4.69) is 39.6 Å². The molecule has 0 aliphatic carbocycles. The first kappa shape index (κ1) is 10.7. The Hall–Kier alpha value is -1.84. The first-order valence-electron chi connectivity index (χ1n) is 5.53. The lowest BCUT2D eigenvalue weighted by molar-refractivity contribution is 0.980. The van der Waals surface area contributed by atoms with E-state index >= 15 is 0 Å². The van der Waals surface area contributed by atoms with Crippen LogP contribution >= 0.6 is 0 Å². The fraction of sp³-hybridized carbons (Fsp3) is 0.333. The molecule has 0 bridgehead atoms. The van der Waals surface area contributed by atoms with Crippen LogP contribution in [-0.4, -0.2) is 21.7 Å². The van der Waals surface area contributed by atoms with Gasteiger partial charge < -0.3 is 5.32 Å². The number of nitrogens with zero attached hydrogens (tertiary/aromatic N) is 2. The third-order valence-corrected chi connectivity index (χ3v) is 2.32. The summed E-state index contributed by atoms with van der Waals surface area (Å²) >= 11 is 0. The molecule has 0 amide bonds. The maximum atomic E-state index is 4.29. The molecular weight excluding hydrogens is 200 g/mol. The lowest BCUT2D eigenvalue weighted by Crippen LogP contribution is -1.98. The molecule has 4 nitrogen and oxygen atoms in total. The third-order valence-electron chi connectivity index (χ3n) is 2.32. The molecule has 4 heteroatoms. The van der Waals surface area contributed by atoms with Gasteiger partial charge in [0.05, 0.1) is 0 Å². The van der Waals surface area contributed by atoms with Gasteiger partial charge in [-0.1, -0.05) is 6.92 Å². The minimum atomic E-state index is 0.750. The quantitative estimate of drug-likeness (QED) is 0.826. The highest BCUT2D eigenvalue weighted by Gasteiger charge is 2.02. The van der Waals surface area contributed by atoms with E-state index in [0.29, 0.717) is 0 Å². The van der Waals surface area contributed by atoms with E-state index in [-0.39, 0.29) is 0 Å². The molecule has 0 radical (unpaired) electrons. The van der Waals surface area contributed by atoms with Gasteiger partial charge in [0, 0.05) is 17.8 Å². The zero-order valence-corrected chi connectivity index (χ0v) is 9.62. The Morgan fingerprint density at radius 2 is 2.00 bits per heavy atom. The van der Waals surface area contributed by atoms with Gasteiger partial charge in [-0.05, 0) is 37.6 Å². The van der Waals surface area contributed by atoms with Crippen molar-refractivity contribution in [2.24, 2.45) is 0 Å². The van der Waals surface area contributed by atoms with Gasteiger partial charge in [-0.3, -0.25) is 5.10 Å². The lowest BCUT2D eigenvalue weighted by atomic mass is 10.2. The first-order chi connectivity index (χ1) is 7.79. The molecule has 0 spiro atoms. The predicted molar refractivity (Wildman–Crippen MR) is 65.3 cm³/mol. The van der Waals surface area contributed by atoms with Crippen molar-refractivity contribution in [3.05, 3.63) is 30.1 Å². The molecule has 1 heterocycles. The fourth-order valence-corrected chi connectivity index (χ4v) is 1.48. The van der Waals surface area contributed by atoms with E-state index in [1.807, 2.05) is 19.1 Å². The van der Waals surface area contributed by atoms with Crippen LogP contribution in [0.4, 0.5) is 5.69 Å². The number of hydrogen-bond donors (Lipinski definition) is 2. The van der Waals surface area contributed by atoms with Crippen LogP contribution in [0.2, 0.25) is 0 Å². The van der Waals surface area contributed by atoms with Crippen molar-refractivity contribution in [3.8, 4) is 11.4 Å². The zero-order valence-electron chi connectivity index (χ0n) is 9.62. The number of aromatic amines is 1. The number of aryl methyl sites for hydroxylation is 1. The largest absolute Gasteiger partial charge is 0.385 e. The average Bonchev–Trinajstić information content (AvgIpc) is 2.74. The van der Waals surface area contributed by atoms with Crippen LogP contribution in [0.25, 0.3) is 11.4 Å². The van der Waals surface area contributed by atoms with Gasteiger partial charge >= 0.3 is 0 Å². The lowest BCUT2D eigenvalue weighted by Gasteiger charge is -2.04.